The normalized spacial score (nSPS) is 28.2. The Labute approximate surface area is 163 Å². The van der Waals surface area contributed by atoms with Crippen LogP contribution in [0.1, 0.15) is 34.8 Å². The number of nitrogens with zero attached hydrogens (tertiary/aromatic N) is 3. The van der Waals surface area contributed by atoms with Crippen LogP contribution in [-0.4, -0.2) is 73.4 Å². The number of hydrogen-bond donors (Lipinski definition) is 1. The van der Waals surface area contributed by atoms with E-state index in [1.54, 1.807) is 10.3 Å². The van der Waals surface area contributed by atoms with Gasteiger partial charge in [-0.1, -0.05) is 0 Å². The Balaban J connectivity index is 1.58. The predicted octanol–water partition coefficient (Wildman–Crippen LogP) is 0.455. The number of likely N-dealkylation sites (tertiary alicyclic amines) is 1. The highest BCUT2D eigenvalue weighted by molar-refractivity contribution is 7.88. The lowest BCUT2D eigenvalue weighted by molar-refractivity contribution is -0.133. The minimum atomic E-state index is -3.37. The van der Waals surface area contributed by atoms with Crippen molar-refractivity contribution in [2.75, 3.05) is 39.0 Å². The van der Waals surface area contributed by atoms with Crippen LogP contribution in [0.2, 0.25) is 0 Å². The zero-order valence-corrected chi connectivity index (χ0v) is 17.2. The fourth-order valence-electron chi connectivity index (χ4n) is 4.98. The van der Waals surface area contributed by atoms with E-state index in [0.29, 0.717) is 51.1 Å². The highest BCUT2D eigenvalue weighted by Crippen LogP contribution is 2.56. The van der Waals surface area contributed by atoms with E-state index in [2.05, 4.69) is 10.3 Å². The number of amides is 2. The predicted molar refractivity (Wildman–Crippen MR) is 101 cm³/mol. The highest BCUT2D eigenvalue weighted by Gasteiger charge is 2.65. The minimum Gasteiger partial charge on any atom is -0.356 e. The van der Waals surface area contributed by atoms with Gasteiger partial charge >= 0.3 is 0 Å². The third-order valence-corrected chi connectivity index (χ3v) is 8.50. The molecule has 10 heteroatoms. The van der Waals surface area contributed by atoms with Gasteiger partial charge in [-0.25, -0.2) is 17.7 Å². The van der Waals surface area contributed by atoms with Gasteiger partial charge in [0.05, 0.1) is 16.7 Å². The lowest BCUT2D eigenvalue weighted by atomic mass is 9.60. The molecule has 3 fully saturated rings. The number of fused-ring (bicyclic) bond motifs is 1. The molecule has 1 atom stereocenters. The zero-order chi connectivity index (χ0) is 19.4. The maximum absolute atomic E-state index is 12.8. The molecule has 1 N–H and O–H groups in total. The van der Waals surface area contributed by atoms with E-state index in [1.807, 2.05) is 6.92 Å². The van der Waals surface area contributed by atoms with E-state index in [9.17, 15) is 18.0 Å². The van der Waals surface area contributed by atoms with Crippen LogP contribution in [0.25, 0.3) is 0 Å². The molecule has 1 aromatic rings. The van der Waals surface area contributed by atoms with Gasteiger partial charge in [0.2, 0.25) is 15.9 Å². The van der Waals surface area contributed by atoms with Crippen LogP contribution >= 0.6 is 11.3 Å². The van der Waals surface area contributed by atoms with Crippen LogP contribution in [0.5, 0.6) is 0 Å². The summed E-state index contributed by atoms with van der Waals surface area (Å²) in [6.45, 7) is 4.09. The van der Waals surface area contributed by atoms with Gasteiger partial charge in [0, 0.05) is 43.5 Å². The molecule has 0 bridgehead atoms. The van der Waals surface area contributed by atoms with E-state index < -0.39 is 20.9 Å². The largest absolute Gasteiger partial charge is 0.356 e. The van der Waals surface area contributed by atoms with E-state index >= 15 is 0 Å². The molecule has 8 nitrogen and oxygen atoms in total. The third-order valence-electron chi connectivity index (χ3n) is 6.53. The number of carbonyl (C=O) groups is 2. The van der Waals surface area contributed by atoms with Crippen LogP contribution in [-0.2, 0) is 14.8 Å². The first-order chi connectivity index (χ1) is 12.7. The number of rotatable bonds is 2. The van der Waals surface area contributed by atoms with Crippen LogP contribution < -0.4 is 5.32 Å². The van der Waals surface area contributed by atoms with Gasteiger partial charge in [0.25, 0.3) is 5.91 Å². The summed E-state index contributed by atoms with van der Waals surface area (Å²) in [4.78, 5) is 31.5. The Hall–Kier alpha value is -1.52. The van der Waals surface area contributed by atoms with Crippen molar-refractivity contribution < 1.29 is 18.0 Å². The maximum Gasteiger partial charge on any atom is 0.273 e. The van der Waals surface area contributed by atoms with Crippen molar-refractivity contribution in [3.05, 3.63) is 16.1 Å². The molecule has 3 saturated heterocycles. The first-order valence-electron chi connectivity index (χ1n) is 9.12. The summed E-state index contributed by atoms with van der Waals surface area (Å²) in [5.41, 5.74) is -0.626. The van der Waals surface area contributed by atoms with Crippen molar-refractivity contribution in [2.24, 2.45) is 10.8 Å². The van der Waals surface area contributed by atoms with Gasteiger partial charge in [-0.15, -0.1) is 11.3 Å². The average molecular weight is 413 g/mol. The summed E-state index contributed by atoms with van der Waals surface area (Å²) < 4.78 is 25.8. The first-order valence-corrected chi connectivity index (χ1v) is 11.8. The Morgan fingerprint density at radius 2 is 1.96 bits per heavy atom. The summed E-state index contributed by atoms with van der Waals surface area (Å²) >= 11 is 1.45. The van der Waals surface area contributed by atoms with Crippen LogP contribution in [0, 0.1) is 17.8 Å². The topological polar surface area (TPSA) is 99.7 Å². The molecule has 4 heterocycles. The molecule has 1 aromatic heterocycles. The second kappa shape index (κ2) is 6.25. The van der Waals surface area contributed by atoms with Gasteiger partial charge < -0.3 is 10.2 Å². The van der Waals surface area contributed by atoms with Crippen LogP contribution in [0.15, 0.2) is 5.38 Å². The lowest BCUT2D eigenvalue weighted by Gasteiger charge is -2.46. The number of aryl methyl sites for hydroxylation is 1. The molecule has 2 spiro atoms. The molecule has 3 aliphatic heterocycles. The second-order valence-corrected chi connectivity index (χ2v) is 11.0. The number of hydrogen-bond acceptors (Lipinski definition) is 6. The molecule has 27 heavy (non-hydrogen) atoms. The van der Waals surface area contributed by atoms with E-state index in [1.165, 1.54) is 21.9 Å². The summed E-state index contributed by atoms with van der Waals surface area (Å²) in [6, 6.07) is 0. The molecule has 0 saturated carbocycles. The van der Waals surface area contributed by atoms with E-state index in [0.717, 1.165) is 5.01 Å². The lowest BCUT2D eigenvalue weighted by Crippen LogP contribution is -2.53. The Morgan fingerprint density at radius 3 is 2.48 bits per heavy atom. The number of thiazole rings is 1. The molecule has 148 valence electrons. The van der Waals surface area contributed by atoms with E-state index in [-0.39, 0.29) is 18.4 Å². The van der Waals surface area contributed by atoms with Crippen molar-refractivity contribution in [3.8, 4) is 0 Å². The number of piperidine rings is 1. The van der Waals surface area contributed by atoms with Crippen molar-refractivity contribution in [1.82, 2.24) is 19.5 Å². The summed E-state index contributed by atoms with van der Waals surface area (Å²) in [5.74, 6) is -0.124. The molecule has 0 aliphatic carbocycles. The van der Waals surface area contributed by atoms with Crippen LogP contribution in [0.4, 0.5) is 0 Å². The highest BCUT2D eigenvalue weighted by atomic mass is 32.2. The van der Waals surface area contributed by atoms with Crippen molar-refractivity contribution in [2.45, 2.75) is 26.2 Å². The number of aromatic nitrogens is 1. The average Bonchev–Trinajstić information content (AvgIpc) is 3.28. The number of sulfonamides is 1. The van der Waals surface area contributed by atoms with Crippen molar-refractivity contribution >= 4 is 33.2 Å². The molecule has 3 aliphatic rings. The Bertz CT molecular complexity index is 888. The maximum atomic E-state index is 12.8. The van der Waals surface area contributed by atoms with Gasteiger partial charge in [0.15, 0.2) is 0 Å². The summed E-state index contributed by atoms with van der Waals surface area (Å²) in [6.07, 6.45) is 3.11. The van der Waals surface area contributed by atoms with Gasteiger partial charge in [-0.2, -0.15) is 0 Å². The monoisotopic (exact) mass is 412 g/mol. The second-order valence-electron chi connectivity index (χ2n) is 7.94. The molecule has 0 radical (unpaired) electrons. The Morgan fingerprint density at radius 1 is 1.26 bits per heavy atom. The van der Waals surface area contributed by atoms with Gasteiger partial charge in [-0.3, -0.25) is 9.59 Å². The standard InChI is InChI=1S/C17H24N4O4S2/c1-12-19-13(9-26-12)14(22)20-7-4-16(5-8-20)10-21(27(2,24)25)11-17(16)3-6-18-15(17)23/h9H,3-8,10-11H2,1-2H3,(H,18,23). The van der Waals surface area contributed by atoms with Crippen molar-refractivity contribution in [1.29, 1.82) is 0 Å². The third kappa shape index (κ3) is 2.89. The minimum absolute atomic E-state index is 0.0384. The Kier molecular flexibility index (Phi) is 4.36. The quantitative estimate of drug-likeness (QED) is 0.761. The summed E-state index contributed by atoms with van der Waals surface area (Å²) in [5, 5.41) is 5.54. The molecular formula is C17H24N4O4S2. The molecule has 1 unspecified atom stereocenters. The number of carbonyl (C=O) groups excluding carboxylic acids is 2. The SMILES string of the molecule is Cc1nc(C(=O)N2CCC3(CC2)CN(S(C)(=O)=O)CC32CCNC2=O)cs1. The molecule has 4 rings (SSSR count). The number of nitrogens with one attached hydrogen (secondary N) is 1. The summed E-state index contributed by atoms with van der Waals surface area (Å²) in [7, 11) is -3.37. The fourth-order valence-corrected chi connectivity index (χ4v) is 6.50. The smallest absolute Gasteiger partial charge is 0.273 e. The molecule has 0 aromatic carbocycles. The van der Waals surface area contributed by atoms with Crippen LogP contribution in [0.3, 0.4) is 0 Å². The van der Waals surface area contributed by atoms with Crippen molar-refractivity contribution in [3.63, 3.8) is 0 Å². The van der Waals surface area contributed by atoms with Gasteiger partial charge in [0.1, 0.15) is 5.69 Å². The zero-order valence-electron chi connectivity index (χ0n) is 15.5. The van der Waals surface area contributed by atoms with E-state index in [4.69, 9.17) is 0 Å². The first kappa shape index (κ1) is 18.8. The van der Waals surface area contributed by atoms with Gasteiger partial charge in [-0.05, 0) is 26.2 Å². The molecular weight excluding hydrogens is 388 g/mol. The molecule has 2 amide bonds. The fraction of sp³-hybridized carbons (Fsp3) is 0.706.